The lowest BCUT2D eigenvalue weighted by atomic mass is 10.1. The molecule has 1 aromatic rings. The van der Waals surface area contributed by atoms with Gasteiger partial charge in [-0.05, 0) is 51.8 Å². The molecule has 7 nitrogen and oxygen atoms in total. The molecule has 1 aromatic carbocycles. The number of hydrogen-bond donors (Lipinski definition) is 2. The zero-order valence-corrected chi connectivity index (χ0v) is 20.1. The average Bonchev–Trinajstić information content (AvgIpc) is 3.19. The van der Waals surface area contributed by atoms with E-state index >= 15 is 0 Å². The van der Waals surface area contributed by atoms with Crippen LogP contribution in [0.5, 0.6) is 0 Å². The number of guanidine groups is 1. The number of rotatable bonds is 8. The number of nitrogens with one attached hydrogen (secondary N) is 2. The smallest absolute Gasteiger partial charge is 0.408 e. The van der Waals surface area contributed by atoms with Gasteiger partial charge >= 0.3 is 6.09 Å². The van der Waals surface area contributed by atoms with Crippen LogP contribution >= 0.6 is 0 Å². The van der Waals surface area contributed by atoms with Gasteiger partial charge in [0.15, 0.2) is 5.96 Å². The molecule has 0 aromatic heterocycles. The Labute approximate surface area is 188 Å². The van der Waals surface area contributed by atoms with E-state index in [1.807, 2.05) is 58.2 Å². The quantitative estimate of drug-likeness (QED) is 0.487. The summed E-state index contributed by atoms with van der Waals surface area (Å²) in [6.45, 7) is 15.9. The molecule has 0 bridgehead atoms. The van der Waals surface area contributed by atoms with Gasteiger partial charge in [-0.15, -0.1) is 0 Å². The molecule has 0 radical (unpaired) electrons. The summed E-state index contributed by atoms with van der Waals surface area (Å²) in [5.41, 5.74) is 0.488. The van der Waals surface area contributed by atoms with E-state index < -0.39 is 11.7 Å². The molecule has 2 unspecified atom stereocenters. The molecular formula is C24H41N5O2. The van der Waals surface area contributed by atoms with Crippen molar-refractivity contribution in [2.45, 2.75) is 52.7 Å². The van der Waals surface area contributed by atoms with Gasteiger partial charge in [0.1, 0.15) is 5.60 Å². The summed E-state index contributed by atoms with van der Waals surface area (Å²) in [5, 5.41) is 6.48. The largest absolute Gasteiger partial charge is 0.444 e. The van der Waals surface area contributed by atoms with Gasteiger partial charge in [0.05, 0.1) is 6.04 Å². The standard InChI is InChI=1S/C24H41N5O2/c1-7-28(8-2)17-19-14-15-29(18-19)22(25-6)26-16-21(20-12-10-9-11-13-20)27-23(30)31-24(3,4)5/h9-13,19,21H,7-8,14-18H2,1-6H3,(H,25,26)(H,27,30). The number of nitrogens with zero attached hydrogens (tertiary/aromatic N) is 3. The summed E-state index contributed by atoms with van der Waals surface area (Å²) in [5.74, 6) is 1.54. The van der Waals surface area contributed by atoms with Crippen molar-refractivity contribution in [3.63, 3.8) is 0 Å². The highest BCUT2D eigenvalue weighted by atomic mass is 16.6. The molecule has 0 spiro atoms. The Kier molecular flexibility index (Phi) is 9.62. The van der Waals surface area contributed by atoms with E-state index in [2.05, 4.69) is 39.3 Å². The number of amides is 1. The molecular weight excluding hydrogens is 390 g/mol. The lowest BCUT2D eigenvalue weighted by Gasteiger charge is -2.27. The van der Waals surface area contributed by atoms with Crippen LogP contribution in [0.15, 0.2) is 35.3 Å². The number of aliphatic imine (C=N–C) groups is 1. The van der Waals surface area contributed by atoms with Crippen LogP contribution in [0.1, 0.15) is 52.6 Å². The Morgan fingerprint density at radius 3 is 2.52 bits per heavy atom. The SMILES string of the molecule is CCN(CC)CC1CCN(C(=NC)NCC(NC(=O)OC(C)(C)C)c2ccccc2)C1. The Morgan fingerprint density at radius 1 is 1.26 bits per heavy atom. The van der Waals surface area contributed by atoms with Crippen molar-refractivity contribution >= 4 is 12.1 Å². The highest BCUT2D eigenvalue weighted by Gasteiger charge is 2.27. The molecule has 174 valence electrons. The Balaban J connectivity index is 1.98. The maximum atomic E-state index is 12.4. The fourth-order valence-electron chi connectivity index (χ4n) is 3.93. The predicted octanol–water partition coefficient (Wildman–Crippen LogP) is 3.49. The fourth-order valence-corrected chi connectivity index (χ4v) is 3.93. The molecule has 1 heterocycles. The molecule has 1 aliphatic rings. The zero-order valence-electron chi connectivity index (χ0n) is 20.1. The van der Waals surface area contributed by atoms with Gasteiger partial charge in [-0.2, -0.15) is 0 Å². The van der Waals surface area contributed by atoms with E-state index in [1.165, 1.54) is 6.42 Å². The molecule has 2 rings (SSSR count). The first-order valence-electron chi connectivity index (χ1n) is 11.5. The van der Waals surface area contributed by atoms with Gasteiger partial charge in [-0.1, -0.05) is 44.2 Å². The molecule has 1 amide bonds. The third kappa shape index (κ3) is 8.40. The molecule has 0 aliphatic carbocycles. The maximum Gasteiger partial charge on any atom is 0.408 e. The number of carbonyl (C=O) groups excluding carboxylic acids is 1. The lowest BCUT2D eigenvalue weighted by molar-refractivity contribution is 0.0504. The van der Waals surface area contributed by atoms with Crippen molar-refractivity contribution in [3.8, 4) is 0 Å². The van der Waals surface area contributed by atoms with E-state index in [4.69, 9.17) is 4.74 Å². The van der Waals surface area contributed by atoms with Crippen LogP contribution in [-0.2, 0) is 4.74 Å². The molecule has 2 N–H and O–H groups in total. The van der Waals surface area contributed by atoms with E-state index in [0.717, 1.165) is 44.2 Å². The summed E-state index contributed by atoms with van der Waals surface area (Å²) in [7, 11) is 1.82. The van der Waals surface area contributed by atoms with Crippen molar-refractivity contribution in [2.24, 2.45) is 10.9 Å². The number of benzene rings is 1. The van der Waals surface area contributed by atoms with Crippen LogP contribution in [-0.4, -0.2) is 73.8 Å². The monoisotopic (exact) mass is 431 g/mol. The van der Waals surface area contributed by atoms with Gasteiger partial charge in [-0.3, -0.25) is 4.99 Å². The molecule has 2 atom stereocenters. The van der Waals surface area contributed by atoms with Crippen LogP contribution in [0.25, 0.3) is 0 Å². The van der Waals surface area contributed by atoms with Crippen LogP contribution in [0.3, 0.4) is 0 Å². The Bertz CT molecular complexity index is 698. The third-order valence-electron chi connectivity index (χ3n) is 5.57. The number of likely N-dealkylation sites (tertiary alicyclic amines) is 1. The first-order valence-corrected chi connectivity index (χ1v) is 11.5. The van der Waals surface area contributed by atoms with Gasteiger partial charge in [0, 0.05) is 33.2 Å². The second-order valence-corrected chi connectivity index (χ2v) is 9.12. The van der Waals surface area contributed by atoms with Crippen LogP contribution < -0.4 is 10.6 Å². The minimum absolute atomic E-state index is 0.220. The topological polar surface area (TPSA) is 69.2 Å². The van der Waals surface area contributed by atoms with E-state index in [-0.39, 0.29) is 6.04 Å². The highest BCUT2D eigenvalue weighted by molar-refractivity contribution is 5.80. The van der Waals surface area contributed by atoms with Gasteiger partial charge in [-0.25, -0.2) is 4.79 Å². The average molecular weight is 432 g/mol. The summed E-state index contributed by atoms with van der Waals surface area (Å²) < 4.78 is 5.47. The predicted molar refractivity (Wildman–Crippen MR) is 127 cm³/mol. The van der Waals surface area contributed by atoms with E-state index in [1.54, 1.807) is 0 Å². The Morgan fingerprint density at radius 2 is 1.94 bits per heavy atom. The van der Waals surface area contributed by atoms with E-state index in [0.29, 0.717) is 12.5 Å². The number of ether oxygens (including phenoxy) is 1. The van der Waals surface area contributed by atoms with Crippen molar-refractivity contribution in [1.29, 1.82) is 0 Å². The van der Waals surface area contributed by atoms with Crippen molar-refractivity contribution in [2.75, 3.05) is 46.3 Å². The second kappa shape index (κ2) is 11.9. The molecule has 7 heteroatoms. The Hall–Kier alpha value is -2.28. The summed E-state index contributed by atoms with van der Waals surface area (Å²) in [4.78, 5) is 21.7. The number of hydrogen-bond acceptors (Lipinski definition) is 4. The first kappa shape index (κ1) is 25.0. The molecule has 31 heavy (non-hydrogen) atoms. The molecule has 1 aliphatic heterocycles. The highest BCUT2D eigenvalue weighted by Crippen LogP contribution is 2.18. The van der Waals surface area contributed by atoms with E-state index in [9.17, 15) is 4.79 Å². The lowest BCUT2D eigenvalue weighted by Crippen LogP contribution is -2.45. The summed E-state index contributed by atoms with van der Waals surface area (Å²) in [6, 6.07) is 9.74. The van der Waals surface area contributed by atoms with Crippen LogP contribution in [0.2, 0.25) is 0 Å². The van der Waals surface area contributed by atoms with Crippen molar-refractivity contribution in [3.05, 3.63) is 35.9 Å². The summed E-state index contributed by atoms with van der Waals surface area (Å²) in [6.07, 6.45) is 0.758. The zero-order chi connectivity index (χ0) is 22.9. The van der Waals surface area contributed by atoms with Crippen LogP contribution in [0, 0.1) is 5.92 Å². The first-order chi connectivity index (χ1) is 14.8. The molecule has 0 saturated carbocycles. The van der Waals surface area contributed by atoms with Gasteiger partial charge in [0.25, 0.3) is 0 Å². The normalized spacial score (nSPS) is 18.2. The fraction of sp³-hybridized carbons (Fsp3) is 0.667. The summed E-state index contributed by atoms with van der Waals surface area (Å²) >= 11 is 0. The third-order valence-corrected chi connectivity index (χ3v) is 5.57. The van der Waals surface area contributed by atoms with Crippen molar-refractivity contribution in [1.82, 2.24) is 20.4 Å². The maximum absolute atomic E-state index is 12.4. The minimum Gasteiger partial charge on any atom is -0.444 e. The molecule has 1 fully saturated rings. The number of alkyl carbamates (subject to hydrolysis) is 1. The van der Waals surface area contributed by atoms with Gasteiger partial charge in [0.2, 0.25) is 0 Å². The minimum atomic E-state index is -0.537. The number of carbonyl (C=O) groups is 1. The van der Waals surface area contributed by atoms with Crippen LogP contribution in [0.4, 0.5) is 4.79 Å². The van der Waals surface area contributed by atoms with Gasteiger partial charge < -0.3 is 25.2 Å². The second-order valence-electron chi connectivity index (χ2n) is 9.12. The molecule has 1 saturated heterocycles. The van der Waals surface area contributed by atoms with Crippen molar-refractivity contribution < 1.29 is 9.53 Å².